The van der Waals surface area contributed by atoms with Crippen molar-refractivity contribution in [3.05, 3.63) is 65.2 Å². The molecule has 0 unspecified atom stereocenters. The van der Waals surface area contributed by atoms with Gasteiger partial charge in [-0.05, 0) is 24.6 Å². The van der Waals surface area contributed by atoms with Gasteiger partial charge in [0.25, 0.3) is 5.91 Å². The summed E-state index contributed by atoms with van der Waals surface area (Å²) in [5, 5.41) is 3.91. The number of nitrogens with two attached hydrogens (primary N) is 1. The molecule has 0 saturated carbocycles. The zero-order valence-electron chi connectivity index (χ0n) is 10.6. The van der Waals surface area contributed by atoms with E-state index in [9.17, 15) is 4.79 Å². The maximum absolute atomic E-state index is 11.8. The molecule has 19 heavy (non-hydrogen) atoms. The van der Waals surface area contributed by atoms with E-state index in [1.165, 1.54) is 5.56 Å². The first-order chi connectivity index (χ1) is 9.16. The highest BCUT2D eigenvalue weighted by Gasteiger charge is 2.06. The van der Waals surface area contributed by atoms with E-state index in [-0.39, 0.29) is 5.91 Å². The van der Waals surface area contributed by atoms with E-state index in [4.69, 9.17) is 5.73 Å². The van der Waals surface area contributed by atoms with Crippen molar-refractivity contribution >= 4 is 17.8 Å². The number of para-hydroxylation sites is 1. The van der Waals surface area contributed by atoms with Gasteiger partial charge >= 0.3 is 0 Å². The van der Waals surface area contributed by atoms with Gasteiger partial charge in [-0.25, -0.2) is 5.43 Å². The summed E-state index contributed by atoms with van der Waals surface area (Å²) in [6, 6.07) is 14.7. The third kappa shape index (κ3) is 3.42. The Kier molecular flexibility index (Phi) is 3.93. The molecular formula is C15H15N3O. The van der Waals surface area contributed by atoms with Crippen molar-refractivity contribution < 1.29 is 4.79 Å². The van der Waals surface area contributed by atoms with E-state index in [1.807, 2.05) is 31.2 Å². The van der Waals surface area contributed by atoms with Crippen LogP contribution in [0.2, 0.25) is 0 Å². The lowest BCUT2D eigenvalue weighted by atomic mass is 10.2. The molecule has 2 aromatic carbocycles. The second-order valence-corrected chi connectivity index (χ2v) is 4.20. The molecule has 0 aromatic heterocycles. The highest BCUT2D eigenvalue weighted by Crippen LogP contribution is 2.09. The highest BCUT2D eigenvalue weighted by atomic mass is 16.2. The van der Waals surface area contributed by atoms with Gasteiger partial charge in [0, 0.05) is 5.69 Å². The fourth-order valence-corrected chi connectivity index (χ4v) is 1.58. The fraction of sp³-hybridized carbons (Fsp3) is 0.0667. The highest BCUT2D eigenvalue weighted by molar-refractivity contribution is 5.99. The molecule has 0 heterocycles. The smallest absolute Gasteiger partial charge is 0.273 e. The van der Waals surface area contributed by atoms with Gasteiger partial charge in [-0.2, -0.15) is 5.10 Å². The molecular weight excluding hydrogens is 238 g/mol. The van der Waals surface area contributed by atoms with Crippen LogP contribution in [0.1, 0.15) is 21.5 Å². The molecule has 4 heteroatoms. The number of hydrogen-bond acceptors (Lipinski definition) is 3. The van der Waals surface area contributed by atoms with Gasteiger partial charge < -0.3 is 5.73 Å². The summed E-state index contributed by atoms with van der Waals surface area (Å²) in [6.07, 6.45) is 1.59. The summed E-state index contributed by atoms with van der Waals surface area (Å²) < 4.78 is 0. The molecule has 0 radical (unpaired) electrons. The van der Waals surface area contributed by atoms with E-state index in [0.29, 0.717) is 11.3 Å². The Morgan fingerprint density at radius 2 is 1.84 bits per heavy atom. The summed E-state index contributed by atoms with van der Waals surface area (Å²) in [5.74, 6) is -0.318. The third-order valence-corrected chi connectivity index (χ3v) is 2.66. The number of amides is 1. The summed E-state index contributed by atoms with van der Waals surface area (Å²) in [4.78, 5) is 11.8. The summed E-state index contributed by atoms with van der Waals surface area (Å²) >= 11 is 0. The van der Waals surface area contributed by atoms with Gasteiger partial charge in [-0.1, -0.05) is 42.0 Å². The summed E-state index contributed by atoms with van der Waals surface area (Å²) in [5.41, 5.74) is 11.1. The number of nitrogen functional groups attached to an aromatic ring is 1. The number of benzene rings is 2. The van der Waals surface area contributed by atoms with Gasteiger partial charge in [0.1, 0.15) is 0 Å². The van der Waals surface area contributed by atoms with Crippen molar-refractivity contribution in [1.82, 2.24) is 5.43 Å². The van der Waals surface area contributed by atoms with Gasteiger partial charge in [0.05, 0.1) is 11.8 Å². The number of hydrogen-bond donors (Lipinski definition) is 2. The molecule has 3 N–H and O–H groups in total. The Bertz CT molecular complexity index is 603. The maximum Gasteiger partial charge on any atom is 0.273 e. The van der Waals surface area contributed by atoms with Crippen LogP contribution in [0.25, 0.3) is 0 Å². The topological polar surface area (TPSA) is 67.5 Å². The molecule has 0 saturated heterocycles. The first-order valence-electron chi connectivity index (χ1n) is 5.91. The van der Waals surface area contributed by atoms with E-state index in [1.54, 1.807) is 30.5 Å². The minimum atomic E-state index is -0.318. The number of anilines is 1. The van der Waals surface area contributed by atoms with Crippen molar-refractivity contribution in [3.63, 3.8) is 0 Å². The van der Waals surface area contributed by atoms with Crippen molar-refractivity contribution in [2.45, 2.75) is 6.92 Å². The predicted molar refractivity (Wildman–Crippen MR) is 77.1 cm³/mol. The Balaban J connectivity index is 2.01. The lowest BCUT2D eigenvalue weighted by Crippen LogP contribution is -2.18. The molecule has 0 bridgehead atoms. The number of rotatable bonds is 3. The number of nitrogens with zero attached hydrogens (tertiary/aromatic N) is 1. The number of aryl methyl sites for hydroxylation is 1. The van der Waals surface area contributed by atoms with Crippen molar-refractivity contribution in [2.24, 2.45) is 5.10 Å². The number of carbonyl (C=O) groups is 1. The quantitative estimate of drug-likeness (QED) is 0.501. The first kappa shape index (κ1) is 12.8. The average molecular weight is 253 g/mol. The zero-order chi connectivity index (χ0) is 13.7. The SMILES string of the molecule is Cc1ccc(/C=N\NC(=O)c2ccccc2N)cc1. The van der Waals surface area contributed by atoms with Gasteiger partial charge in [0.15, 0.2) is 0 Å². The summed E-state index contributed by atoms with van der Waals surface area (Å²) in [7, 11) is 0. The molecule has 0 spiro atoms. The van der Waals surface area contributed by atoms with Gasteiger partial charge in [-0.15, -0.1) is 0 Å². The Morgan fingerprint density at radius 1 is 1.16 bits per heavy atom. The lowest BCUT2D eigenvalue weighted by Gasteiger charge is -2.02. The van der Waals surface area contributed by atoms with Crippen LogP contribution in [0.15, 0.2) is 53.6 Å². The molecule has 0 aliphatic carbocycles. The number of hydrazone groups is 1. The standard InChI is InChI=1S/C15H15N3O/c1-11-6-8-12(9-7-11)10-17-18-15(19)13-4-2-3-5-14(13)16/h2-10H,16H2,1H3,(H,18,19)/b17-10-. The van der Waals surface area contributed by atoms with Crippen LogP contribution in [0, 0.1) is 6.92 Å². The second kappa shape index (κ2) is 5.82. The van der Waals surface area contributed by atoms with Crippen LogP contribution in [0.3, 0.4) is 0 Å². The van der Waals surface area contributed by atoms with Crippen molar-refractivity contribution in [2.75, 3.05) is 5.73 Å². The molecule has 2 aromatic rings. The van der Waals surface area contributed by atoms with Crippen LogP contribution < -0.4 is 11.2 Å². The summed E-state index contributed by atoms with van der Waals surface area (Å²) in [6.45, 7) is 2.01. The number of carbonyl (C=O) groups excluding carboxylic acids is 1. The third-order valence-electron chi connectivity index (χ3n) is 2.66. The minimum Gasteiger partial charge on any atom is -0.398 e. The molecule has 0 aliphatic heterocycles. The van der Waals surface area contributed by atoms with Gasteiger partial charge in [0.2, 0.25) is 0 Å². The molecule has 2 rings (SSSR count). The van der Waals surface area contributed by atoms with E-state index < -0.39 is 0 Å². The monoisotopic (exact) mass is 253 g/mol. The van der Waals surface area contributed by atoms with E-state index in [2.05, 4.69) is 10.5 Å². The lowest BCUT2D eigenvalue weighted by molar-refractivity contribution is 0.0956. The normalized spacial score (nSPS) is 10.6. The molecule has 1 amide bonds. The van der Waals surface area contributed by atoms with Crippen molar-refractivity contribution in [1.29, 1.82) is 0 Å². The van der Waals surface area contributed by atoms with Crippen LogP contribution in [-0.4, -0.2) is 12.1 Å². The Morgan fingerprint density at radius 3 is 2.53 bits per heavy atom. The fourth-order valence-electron chi connectivity index (χ4n) is 1.58. The minimum absolute atomic E-state index is 0.318. The second-order valence-electron chi connectivity index (χ2n) is 4.20. The van der Waals surface area contributed by atoms with E-state index in [0.717, 1.165) is 5.56 Å². The van der Waals surface area contributed by atoms with Crippen LogP contribution in [-0.2, 0) is 0 Å². The molecule has 96 valence electrons. The first-order valence-corrected chi connectivity index (χ1v) is 5.91. The zero-order valence-corrected chi connectivity index (χ0v) is 10.6. The Labute approximate surface area is 112 Å². The largest absolute Gasteiger partial charge is 0.398 e. The van der Waals surface area contributed by atoms with Crippen LogP contribution in [0.5, 0.6) is 0 Å². The van der Waals surface area contributed by atoms with Crippen molar-refractivity contribution in [3.8, 4) is 0 Å². The van der Waals surface area contributed by atoms with Crippen LogP contribution >= 0.6 is 0 Å². The molecule has 0 atom stereocenters. The van der Waals surface area contributed by atoms with E-state index >= 15 is 0 Å². The Hall–Kier alpha value is -2.62. The predicted octanol–water partition coefficient (Wildman–Crippen LogP) is 2.34. The average Bonchev–Trinajstić information content (AvgIpc) is 2.41. The molecule has 0 aliphatic rings. The number of nitrogens with one attached hydrogen (secondary N) is 1. The molecule has 0 fully saturated rings. The van der Waals surface area contributed by atoms with Gasteiger partial charge in [-0.3, -0.25) is 4.79 Å². The van der Waals surface area contributed by atoms with Crippen LogP contribution in [0.4, 0.5) is 5.69 Å². The maximum atomic E-state index is 11.8. The molecule has 4 nitrogen and oxygen atoms in total.